The van der Waals surface area contributed by atoms with Gasteiger partial charge in [-0.2, -0.15) is 5.10 Å². The molecule has 2 aromatic rings. The van der Waals surface area contributed by atoms with Crippen molar-refractivity contribution in [1.29, 1.82) is 0 Å². The quantitative estimate of drug-likeness (QED) is 0.846. The van der Waals surface area contributed by atoms with Gasteiger partial charge in [-0.05, 0) is 44.1 Å². The third kappa shape index (κ3) is 2.70. The Morgan fingerprint density at radius 2 is 1.94 bits per heavy atom. The molecule has 0 aliphatic carbocycles. The Morgan fingerprint density at radius 3 is 2.56 bits per heavy atom. The lowest BCUT2D eigenvalue weighted by molar-refractivity contribution is 0.686. The molecule has 2 heterocycles. The summed E-state index contributed by atoms with van der Waals surface area (Å²) in [4.78, 5) is 8.61. The van der Waals surface area contributed by atoms with Gasteiger partial charge in [-0.1, -0.05) is 0 Å². The minimum Gasteiger partial charge on any atom is -0.330 e. The smallest absolute Gasteiger partial charge is 0.193 e. The summed E-state index contributed by atoms with van der Waals surface area (Å²) >= 11 is 1.53. The summed E-state index contributed by atoms with van der Waals surface area (Å²) in [5, 5.41) is 6.24. The molecule has 0 aliphatic heterocycles. The van der Waals surface area contributed by atoms with Crippen molar-refractivity contribution in [2.75, 3.05) is 6.54 Å². The predicted octanol–water partition coefficient (Wildman–Crippen LogP) is 1.48. The normalized spacial score (nSPS) is 10.9. The van der Waals surface area contributed by atoms with Crippen LogP contribution in [-0.2, 0) is 13.5 Å². The van der Waals surface area contributed by atoms with Crippen LogP contribution in [0.3, 0.4) is 0 Å². The summed E-state index contributed by atoms with van der Waals surface area (Å²) in [6.45, 7) is 4.60. The van der Waals surface area contributed by atoms with E-state index in [2.05, 4.69) is 15.1 Å². The highest BCUT2D eigenvalue weighted by molar-refractivity contribution is 7.99. The van der Waals surface area contributed by atoms with E-state index in [9.17, 15) is 0 Å². The van der Waals surface area contributed by atoms with Gasteiger partial charge in [-0.25, -0.2) is 9.97 Å². The predicted molar refractivity (Wildman–Crippen MR) is 71.6 cm³/mol. The van der Waals surface area contributed by atoms with Crippen molar-refractivity contribution in [2.24, 2.45) is 12.8 Å². The topological polar surface area (TPSA) is 69.6 Å². The fraction of sp³-hybridized carbons (Fsp3) is 0.417. The zero-order valence-corrected chi connectivity index (χ0v) is 11.7. The highest BCUT2D eigenvalue weighted by Gasteiger charge is 2.14. The van der Waals surface area contributed by atoms with Crippen LogP contribution in [0.2, 0.25) is 0 Å². The molecule has 0 radical (unpaired) electrons. The standard InChI is InChI=1S/C12H17N5S/c1-8-6-14-12(15-7-8)18-11-10(4-5-13)9(2)16-17(11)3/h6-7H,4-5,13H2,1-3H3. The van der Waals surface area contributed by atoms with Crippen molar-refractivity contribution < 1.29 is 0 Å². The first-order valence-electron chi connectivity index (χ1n) is 5.81. The Kier molecular flexibility index (Phi) is 3.98. The molecule has 0 atom stereocenters. The van der Waals surface area contributed by atoms with E-state index in [1.165, 1.54) is 17.3 Å². The van der Waals surface area contributed by atoms with E-state index in [1.807, 2.05) is 38.0 Å². The van der Waals surface area contributed by atoms with Gasteiger partial charge in [0.25, 0.3) is 0 Å². The summed E-state index contributed by atoms with van der Waals surface area (Å²) in [5.74, 6) is 0. The monoisotopic (exact) mass is 263 g/mol. The van der Waals surface area contributed by atoms with Gasteiger partial charge in [0.2, 0.25) is 0 Å². The molecule has 0 fully saturated rings. The zero-order chi connectivity index (χ0) is 13.1. The van der Waals surface area contributed by atoms with E-state index in [-0.39, 0.29) is 0 Å². The van der Waals surface area contributed by atoms with E-state index >= 15 is 0 Å². The van der Waals surface area contributed by atoms with E-state index in [0.717, 1.165) is 27.9 Å². The van der Waals surface area contributed by atoms with Gasteiger partial charge in [0.15, 0.2) is 5.16 Å². The molecular weight excluding hydrogens is 246 g/mol. The fourth-order valence-electron chi connectivity index (χ4n) is 1.76. The van der Waals surface area contributed by atoms with Crippen LogP contribution >= 0.6 is 11.8 Å². The Morgan fingerprint density at radius 1 is 1.28 bits per heavy atom. The van der Waals surface area contributed by atoms with Crippen LogP contribution in [0.25, 0.3) is 0 Å². The molecule has 2 aromatic heterocycles. The number of hydrogen-bond acceptors (Lipinski definition) is 5. The largest absolute Gasteiger partial charge is 0.330 e. The van der Waals surface area contributed by atoms with Crippen LogP contribution in [0.4, 0.5) is 0 Å². The highest BCUT2D eigenvalue weighted by Crippen LogP contribution is 2.29. The molecule has 0 unspecified atom stereocenters. The van der Waals surface area contributed by atoms with E-state index in [0.29, 0.717) is 6.54 Å². The molecule has 5 nitrogen and oxygen atoms in total. The van der Waals surface area contributed by atoms with Crippen LogP contribution in [0.1, 0.15) is 16.8 Å². The van der Waals surface area contributed by atoms with Gasteiger partial charge in [0, 0.05) is 25.0 Å². The molecule has 0 aliphatic rings. The Bertz CT molecular complexity index is 532. The minimum absolute atomic E-state index is 0.620. The maximum absolute atomic E-state index is 5.64. The van der Waals surface area contributed by atoms with E-state index in [1.54, 1.807) is 0 Å². The summed E-state index contributed by atoms with van der Waals surface area (Å²) in [7, 11) is 1.93. The van der Waals surface area contributed by atoms with Crippen molar-refractivity contribution in [3.63, 3.8) is 0 Å². The van der Waals surface area contributed by atoms with Crippen molar-refractivity contribution >= 4 is 11.8 Å². The van der Waals surface area contributed by atoms with Gasteiger partial charge in [0.05, 0.1) is 5.69 Å². The third-order valence-corrected chi connectivity index (χ3v) is 3.73. The molecule has 0 amide bonds. The third-order valence-electron chi connectivity index (χ3n) is 2.63. The van der Waals surface area contributed by atoms with Gasteiger partial charge >= 0.3 is 0 Å². The molecule has 18 heavy (non-hydrogen) atoms. The molecular formula is C12H17N5S. The van der Waals surface area contributed by atoms with E-state index < -0.39 is 0 Å². The highest BCUT2D eigenvalue weighted by atomic mass is 32.2. The SMILES string of the molecule is Cc1cnc(Sc2c(CCN)c(C)nn2C)nc1. The first-order chi connectivity index (χ1) is 8.61. The van der Waals surface area contributed by atoms with Crippen molar-refractivity contribution in [1.82, 2.24) is 19.7 Å². The van der Waals surface area contributed by atoms with Crippen molar-refractivity contribution in [2.45, 2.75) is 30.5 Å². The molecule has 96 valence electrons. The van der Waals surface area contributed by atoms with Gasteiger partial charge in [0.1, 0.15) is 5.03 Å². The van der Waals surface area contributed by atoms with Crippen LogP contribution in [-0.4, -0.2) is 26.3 Å². The molecule has 0 spiro atoms. The van der Waals surface area contributed by atoms with Gasteiger partial charge in [-0.15, -0.1) is 0 Å². The molecule has 2 rings (SSSR count). The van der Waals surface area contributed by atoms with Gasteiger partial charge < -0.3 is 5.73 Å². The minimum atomic E-state index is 0.620. The fourth-order valence-corrected chi connectivity index (χ4v) is 2.69. The first kappa shape index (κ1) is 13.0. The summed E-state index contributed by atoms with van der Waals surface area (Å²) in [6.07, 6.45) is 4.47. The average molecular weight is 263 g/mol. The lowest BCUT2D eigenvalue weighted by Gasteiger charge is -2.04. The van der Waals surface area contributed by atoms with E-state index in [4.69, 9.17) is 5.73 Å². The van der Waals surface area contributed by atoms with Crippen LogP contribution in [0.5, 0.6) is 0 Å². The Balaban J connectivity index is 2.30. The Hall–Kier alpha value is -1.40. The number of rotatable bonds is 4. The average Bonchev–Trinajstić information content (AvgIpc) is 2.59. The van der Waals surface area contributed by atoms with Crippen LogP contribution in [0.15, 0.2) is 22.6 Å². The molecule has 6 heteroatoms. The molecule has 0 aromatic carbocycles. The number of nitrogens with zero attached hydrogens (tertiary/aromatic N) is 4. The molecule has 0 saturated carbocycles. The summed E-state index contributed by atoms with van der Waals surface area (Å²) < 4.78 is 1.87. The molecule has 2 N–H and O–H groups in total. The molecule has 0 bridgehead atoms. The summed E-state index contributed by atoms with van der Waals surface area (Å²) in [5.41, 5.74) is 8.92. The second kappa shape index (κ2) is 5.49. The summed E-state index contributed by atoms with van der Waals surface area (Å²) in [6, 6.07) is 0. The zero-order valence-electron chi connectivity index (χ0n) is 10.8. The second-order valence-electron chi connectivity index (χ2n) is 4.18. The molecule has 0 saturated heterocycles. The number of nitrogens with two attached hydrogens (primary N) is 1. The maximum Gasteiger partial charge on any atom is 0.193 e. The second-order valence-corrected chi connectivity index (χ2v) is 5.13. The first-order valence-corrected chi connectivity index (χ1v) is 6.62. The number of aromatic nitrogens is 4. The lowest BCUT2D eigenvalue weighted by Crippen LogP contribution is -2.04. The van der Waals surface area contributed by atoms with Crippen LogP contribution in [0, 0.1) is 13.8 Å². The van der Waals surface area contributed by atoms with Crippen molar-refractivity contribution in [3.8, 4) is 0 Å². The van der Waals surface area contributed by atoms with Gasteiger partial charge in [-0.3, -0.25) is 4.68 Å². The maximum atomic E-state index is 5.64. The Labute approximate surface area is 111 Å². The number of hydrogen-bond donors (Lipinski definition) is 1. The van der Waals surface area contributed by atoms with Crippen molar-refractivity contribution in [3.05, 3.63) is 29.2 Å². The number of aryl methyl sites for hydroxylation is 3. The van der Waals surface area contributed by atoms with Crippen LogP contribution < -0.4 is 5.73 Å². The lowest BCUT2D eigenvalue weighted by atomic mass is 10.2.